The molecule has 1 fully saturated rings. The van der Waals surface area contributed by atoms with Gasteiger partial charge in [-0.25, -0.2) is 9.37 Å². The van der Waals surface area contributed by atoms with Crippen molar-refractivity contribution in [2.45, 2.75) is 6.54 Å². The standard InChI is InChI=1S/C19H21FN4/c1-23-8-10-24(11-9-23)13-15-7-6-14(12-16(15)20)19-21-17-4-2-3-5-18(17)22-19/h2-7,12H,8-11,13H2,1H3,(H,21,22). The minimum absolute atomic E-state index is 0.160. The van der Waals surface area contributed by atoms with E-state index in [1.54, 1.807) is 6.07 Å². The van der Waals surface area contributed by atoms with Crippen molar-refractivity contribution in [2.75, 3.05) is 33.2 Å². The van der Waals surface area contributed by atoms with E-state index in [-0.39, 0.29) is 5.82 Å². The molecule has 0 amide bonds. The summed E-state index contributed by atoms with van der Waals surface area (Å²) in [6.07, 6.45) is 0. The van der Waals surface area contributed by atoms with Gasteiger partial charge in [0.2, 0.25) is 0 Å². The molecule has 0 saturated carbocycles. The summed E-state index contributed by atoms with van der Waals surface area (Å²) in [5, 5.41) is 0. The van der Waals surface area contributed by atoms with Gasteiger partial charge in [0.15, 0.2) is 0 Å². The highest BCUT2D eigenvalue weighted by Gasteiger charge is 2.16. The Morgan fingerprint density at radius 3 is 2.62 bits per heavy atom. The number of rotatable bonds is 3. The van der Waals surface area contributed by atoms with Crippen LogP contribution in [0.2, 0.25) is 0 Å². The first kappa shape index (κ1) is 15.3. The van der Waals surface area contributed by atoms with Crippen molar-refractivity contribution < 1.29 is 4.39 Å². The monoisotopic (exact) mass is 324 g/mol. The third kappa shape index (κ3) is 3.05. The number of hydrogen-bond acceptors (Lipinski definition) is 3. The maximum atomic E-state index is 14.5. The fraction of sp³-hybridized carbons (Fsp3) is 0.316. The molecule has 0 bridgehead atoms. The number of hydrogen-bond donors (Lipinski definition) is 1. The van der Waals surface area contributed by atoms with Crippen molar-refractivity contribution in [3.63, 3.8) is 0 Å². The van der Waals surface area contributed by atoms with Crippen molar-refractivity contribution >= 4 is 11.0 Å². The average molecular weight is 324 g/mol. The summed E-state index contributed by atoms with van der Waals surface area (Å²) in [4.78, 5) is 12.4. The molecule has 5 heteroatoms. The van der Waals surface area contributed by atoms with Gasteiger partial charge in [0.05, 0.1) is 11.0 Å². The summed E-state index contributed by atoms with van der Waals surface area (Å²) < 4.78 is 14.5. The number of aromatic nitrogens is 2. The molecule has 1 aliphatic heterocycles. The predicted molar refractivity (Wildman–Crippen MR) is 94.3 cm³/mol. The lowest BCUT2D eigenvalue weighted by Crippen LogP contribution is -2.44. The van der Waals surface area contributed by atoms with Gasteiger partial charge in [-0.15, -0.1) is 0 Å². The van der Waals surface area contributed by atoms with E-state index >= 15 is 0 Å². The zero-order valence-electron chi connectivity index (χ0n) is 13.8. The first-order valence-corrected chi connectivity index (χ1v) is 8.33. The average Bonchev–Trinajstić information content (AvgIpc) is 3.03. The van der Waals surface area contributed by atoms with Gasteiger partial charge >= 0.3 is 0 Å². The largest absolute Gasteiger partial charge is 0.338 e. The van der Waals surface area contributed by atoms with Crippen LogP contribution in [-0.2, 0) is 6.54 Å². The van der Waals surface area contributed by atoms with Gasteiger partial charge in [0.1, 0.15) is 11.6 Å². The highest BCUT2D eigenvalue weighted by atomic mass is 19.1. The third-order valence-electron chi connectivity index (χ3n) is 4.71. The fourth-order valence-electron chi connectivity index (χ4n) is 3.16. The van der Waals surface area contributed by atoms with Crippen LogP contribution < -0.4 is 0 Å². The first-order chi connectivity index (χ1) is 11.7. The van der Waals surface area contributed by atoms with E-state index in [0.717, 1.165) is 48.3 Å². The molecule has 3 aromatic rings. The first-order valence-electron chi connectivity index (χ1n) is 8.33. The van der Waals surface area contributed by atoms with E-state index < -0.39 is 0 Å². The maximum absolute atomic E-state index is 14.5. The van der Waals surface area contributed by atoms with Gasteiger partial charge in [0, 0.05) is 43.9 Å². The summed E-state index contributed by atoms with van der Waals surface area (Å²) in [5.41, 5.74) is 3.40. The van der Waals surface area contributed by atoms with Gasteiger partial charge in [-0.2, -0.15) is 0 Å². The van der Waals surface area contributed by atoms with E-state index in [9.17, 15) is 4.39 Å². The molecule has 0 atom stereocenters. The zero-order valence-corrected chi connectivity index (χ0v) is 13.8. The van der Waals surface area contributed by atoms with Crippen molar-refractivity contribution in [3.8, 4) is 11.4 Å². The van der Waals surface area contributed by atoms with Gasteiger partial charge in [-0.05, 0) is 25.2 Å². The molecule has 4 rings (SSSR count). The van der Waals surface area contributed by atoms with Crippen molar-refractivity contribution in [3.05, 3.63) is 53.8 Å². The SMILES string of the molecule is CN1CCN(Cc2ccc(-c3nc4ccccc4[nH]3)cc2F)CC1. The van der Waals surface area contributed by atoms with Crippen LogP contribution in [0.4, 0.5) is 4.39 Å². The van der Waals surface area contributed by atoms with Gasteiger partial charge in [-0.3, -0.25) is 4.90 Å². The molecule has 0 radical (unpaired) electrons. The van der Waals surface area contributed by atoms with Crippen LogP contribution in [0.15, 0.2) is 42.5 Å². The number of imidazole rings is 1. The number of likely N-dealkylation sites (N-methyl/N-ethyl adjacent to an activating group) is 1. The second-order valence-electron chi connectivity index (χ2n) is 6.49. The summed E-state index contributed by atoms with van der Waals surface area (Å²) in [6, 6.07) is 13.3. The molecule has 4 nitrogen and oxygen atoms in total. The smallest absolute Gasteiger partial charge is 0.138 e. The number of fused-ring (bicyclic) bond motifs is 1. The topological polar surface area (TPSA) is 35.2 Å². The number of benzene rings is 2. The minimum atomic E-state index is -0.160. The van der Waals surface area contributed by atoms with Crippen molar-refractivity contribution in [1.29, 1.82) is 0 Å². The van der Waals surface area contributed by atoms with E-state index in [2.05, 4.69) is 26.8 Å². The Balaban J connectivity index is 1.55. The normalized spacial score (nSPS) is 16.8. The molecule has 1 N–H and O–H groups in total. The van der Waals surface area contributed by atoms with Crippen LogP contribution in [0, 0.1) is 5.82 Å². The molecule has 24 heavy (non-hydrogen) atoms. The van der Waals surface area contributed by atoms with Gasteiger partial charge in [-0.1, -0.05) is 24.3 Å². The molecule has 1 saturated heterocycles. The number of nitrogens with zero attached hydrogens (tertiary/aromatic N) is 3. The Morgan fingerprint density at radius 1 is 1.08 bits per heavy atom. The van der Waals surface area contributed by atoms with Crippen LogP contribution in [-0.4, -0.2) is 53.0 Å². The number of piperazine rings is 1. The predicted octanol–water partition coefficient (Wildman–Crippen LogP) is 3.12. The molecule has 1 aromatic heterocycles. The molecule has 124 valence electrons. The molecule has 2 heterocycles. The summed E-state index contributed by atoms with van der Waals surface area (Å²) in [5.74, 6) is 0.549. The number of para-hydroxylation sites is 2. The summed E-state index contributed by atoms with van der Waals surface area (Å²) in [6.45, 7) is 4.72. The summed E-state index contributed by atoms with van der Waals surface area (Å²) in [7, 11) is 2.13. The number of H-pyrrole nitrogens is 1. The Kier molecular flexibility index (Phi) is 4.04. The fourth-order valence-corrected chi connectivity index (χ4v) is 3.16. The van der Waals surface area contributed by atoms with Crippen LogP contribution in [0.25, 0.3) is 22.4 Å². The highest BCUT2D eigenvalue weighted by Crippen LogP contribution is 2.23. The van der Waals surface area contributed by atoms with Crippen LogP contribution >= 0.6 is 0 Å². The minimum Gasteiger partial charge on any atom is -0.338 e. The van der Waals surface area contributed by atoms with Crippen LogP contribution in [0.1, 0.15) is 5.56 Å². The second kappa shape index (κ2) is 6.34. The quantitative estimate of drug-likeness (QED) is 0.804. The number of nitrogens with one attached hydrogen (secondary N) is 1. The number of halogens is 1. The molecular formula is C19H21FN4. The second-order valence-corrected chi connectivity index (χ2v) is 6.49. The molecule has 2 aromatic carbocycles. The van der Waals surface area contributed by atoms with E-state index in [4.69, 9.17) is 0 Å². The summed E-state index contributed by atoms with van der Waals surface area (Å²) >= 11 is 0. The Labute approximate surface area is 140 Å². The number of aromatic amines is 1. The third-order valence-corrected chi connectivity index (χ3v) is 4.71. The Bertz CT molecular complexity index is 816. The van der Waals surface area contributed by atoms with E-state index in [1.165, 1.54) is 0 Å². The molecule has 0 spiro atoms. The maximum Gasteiger partial charge on any atom is 0.138 e. The Morgan fingerprint density at radius 2 is 1.88 bits per heavy atom. The van der Waals surface area contributed by atoms with Crippen LogP contribution in [0.5, 0.6) is 0 Å². The lowest BCUT2D eigenvalue weighted by atomic mass is 10.1. The Hall–Kier alpha value is -2.24. The van der Waals surface area contributed by atoms with Gasteiger partial charge in [0.25, 0.3) is 0 Å². The van der Waals surface area contributed by atoms with Gasteiger partial charge < -0.3 is 9.88 Å². The van der Waals surface area contributed by atoms with Crippen LogP contribution in [0.3, 0.4) is 0 Å². The zero-order chi connectivity index (χ0) is 16.5. The lowest BCUT2D eigenvalue weighted by Gasteiger charge is -2.32. The molecular weight excluding hydrogens is 303 g/mol. The lowest BCUT2D eigenvalue weighted by molar-refractivity contribution is 0.147. The van der Waals surface area contributed by atoms with Crippen molar-refractivity contribution in [2.24, 2.45) is 0 Å². The van der Waals surface area contributed by atoms with E-state index in [0.29, 0.717) is 12.4 Å². The van der Waals surface area contributed by atoms with Crippen molar-refractivity contribution in [1.82, 2.24) is 19.8 Å². The highest BCUT2D eigenvalue weighted by molar-refractivity contribution is 5.79. The van der Waals surface area contributed by atoms with E-state index in [1.807, 2.05) is 36.4 Å². The molecule has 0 unspecified atom stereocenters. The molecule has 0 aliphatic carbocycles. The molecule has 1 aliphatic rings.